The molecule has 1 fully saturated rings. The van der Waals surface area contributed by atoms with Crippen LogP contribution >= 0.6 is 0 Å². The first-order valence-corrected chi connectivity index (χ1v) is 8.19. The molecule has 0 radical (unpaired) electrons. The molecule has 132 valence electrons. The summed E-state index contributed by atoms with van der Waals surface area (Å²) < 4.78 is 6.86. The van der Waals surface area contributed by atoms with Crippen molar-refractivity contribution in [2.45, 2.75) is 13.5 Å². The van der Waals surface area contributed by atoms with Gasteiger partial charge in [0.05, 0.1) is 19.8 Å². The molecule has 1 aromatic carbocycles. The van der Waals surface area contributed by atoms with E-state index in [0.717, 1.165) is 5.56 Å². The van der Waals surface area contributed by atoms with Crippen LogP contribution in [0.2, 0.25) is 0 Å². The maximum Gasteiger partial charge on any atom is 0.251 e. The highest BCUT2D eigenvalue weighted by Gasteiger charge is 2.18. The van der Waals surface area contributed by atoms with Gasteiger partial charge in [0.15, 0.2) is 5.82 Å². The van der Waals surface area contributed by atoms with Crippen LogP contribution in [0.4, 0.5) is 0 Å². The lowest BCUT2D eigenvalue weighted by Crippen LogP contribution is -2.45. The number of carbonyl (C=O) groups excluding carboxylic acids is 2. The van der Waals surface area contributed by atoms with Crippen LogP contribution in [-0.4, -0.2) is 69.8 Å². The minimum Gasteiger partial charge on any atom is -0.378 e. The fourth-order valence-corrected chi connectivity index (χ4v) is 2.61. The monoisotopic (exact) mass is 344 g/mol. The first kappa shape index (κ1) is 17.0. The molecular weight excluding hydrogens is 324 g/mol. The van der Waals surface area contributed by atoms with E-state index in [1.165, 1.54) is 0 Å². The zero-order valence-corrected chi connectivity index (χ0v) is 14.0. The van der Waals surface area contributed by atoms with Gasteiger partial charge in [-0.3, -0.25) is 9.59 Å². The predicted molar refractivity (Wildman–Crippen MR) is 88.7 cm³/mol. The van der Waals surface area contributed by atoms with E-state index in [9.17, 15) is 9.59 Å². The summed E-state index contributed by atoms with van der Waals surface area (Å²) in [4.78, 5) is 26.1. The Kier molecular flexibility index (Phi) is 5.34. The van der Waals surface area contributed by atoms with Crippen molar-refractivity contribution in [3.63, 3.8) is 0 Å². The zero-order chi connectivity index (χ0) is 17.6. The number of tetrazole rings is 1. The molecule has 2 heterocycles. The fraction of sp³-hybridized carbons (Fsp3) is 0.438. The molecule has 1 saturated heterocycles. The van der Waals surface area contributed by atoms with Crippen molar-refractivity contribution in [1.82, 2.24) is 30.4 Å². The smallest absolute Gasteiger partial charge is 0.251 e. The van der Waals surface area contributed by atoms with E-state index < -0.39 is 0 Å². The molecule has 9 nitrogen and oxygen atoms in total. The van der Waals surface area contributed by atoms with E-state index in [0.29, 0.717) is 44.2 Å². The Hall–Kier alpha value is -2.81. The number of aryl methyl sites for hydroxylation is 1. The highest BCUT2D eigenvalue weighted by Crippen LogP contribution is 2.17. The van der Waals surface area contributed by atoms with Crippen LogP contribution in [0.1, 0.15) is 17.3 Å². The molecule has 0 spiro atoms. The highest BCUT2D eigenvalue weighted by atomic mass is 16.5. The molecule has 25 heavy (non-hydrogen) atoms. The Morgan fingerprint density at radius 3 is 2.84 bits per heavy atom. The maximum absolute atomic E-state index is 12.3. The average molecular weight is 344 g/mol. The number of nitrogens with zero attached hydrogens (tertiary/aromatic N) is 5. The van der Waals surface area contributed by atoms with Gasteiger partial charge in [-0.25, -0.2) is 4.68 Å². The van der Waals surface area contributed by atoms with E-state index in [2.05, 4.69) is 20.8 Å². The standard InChI is InChI=1S/C16H20N6O3/c1-2-22-15(18-19-20-22)12-4-3-5-13(10-12)16(24)17-11-14(23)21-6-8-25-9-7-21/h3-5,10H,2,6-9,11H2,1H3,(H,17,24). The Balaban J connectivity index is 1.64. The number of benzene rings is 1. The SMILES string of the molecule is CCn1nnnc1-c1cccc(C(=O)NCC(=O)N2CCOCC2)c1. The Labute approximate surface area is 144 Å². The predicted octanol–water partition coefficient (Wildman–Crippen LogP) is -0.0514. The highest BCUT2D eigenvalue weighted by molar-refractivity contribution is 5.97. The van der Waals surface area contributed by atoms with Gasteiger partial charge >= 0.3 is 0 Å². The fourth-order valence-electron chi connectivity index (χ4n) is 2.61. The van der Waals surface area contributed by atoms with Crippen LogP contribution < -0.4 is 5.32 Å². The first-order valence-electron chi connectivity index (χ1n) is 8.19. The number of nitrogens with one attached hydrogen (secondary N) is 1. The minimum atomic E-state index is -0.306. The van der Waals surface area contributed by atoms with Crippen LogP contribution in [0.3, 0.4) is 0 Å². The Bertz CT molecular complexity index is 754. The number of hydrogen-bond donors (Lipinski definition) is 1. The van der Waals surface area contributed by atoms with Gasteiger partial charge in [-0.2, -0.15) is 0 Å². The van der Waals surface area contributed by atoms with Crippen molar-refractivity contribution in [2.24, 2.45) is 0 Å². The number of carbonyl (C=O) groups is 2. The molecule has 0 atom stereocenters. The molecule has 2 aromatic rings. The second-order valence-electron chi connectivity index (χ2n) is 5.57. The number of morpholine rings is 1. The lowest BCUT2D eigenvalue weighted by atomic mass is 10.1. The van der Waals surface area contributed by atoms with E-state index in [1.54, 1.807) is 27.8 Å². The van der Waals surface area contributed by atoms with Crippen LogP contribution in [0.5, 0.6) is 0 Å². The third kappa shape index (κ3) is 4.00. The molecule has 1 N–H and O–H groups in total. The van der Waals surface area contributed by atoms with E-state index >= 15 is 0 Å². The second-order valence-corrected chi connectivity index (χ2v) is 5.57. The summed E-state index contributed by atoms with van der Waals surface area (Å²) in [6.07, 6.45) is 0. The molecule has 0 aliphatic carbocycles. The summed E-state index contributed by atoms with van der Waals surface area (Å²) in [5, 5.41) is 14.2. The zero-order valence-electron chi connectivity index (χ0n) is 14.0. The summed E-state index contributed by atoms with van der Waals surface area (Å²) in [5.74, 6) is 0.184. The quantitative estimate of drug-likeness (QED) is 0.816. The molecular formula is C16H20N6O3. The van der Waals surface area contributed by atoms with Gasteiger partial charge in [0, 0.05) is 30.8 Å². The number of aromatic nitrogens is 4. The molecule has 9 heteroatoms. The summed E-state index contributed by atoms with van der Waals surface area (Å²) in [7, 11) is 0. The van der Waals surface area contributed by atoms with Crippen molar-refractivity contribution >= 4 is 11.8 Å². The van der Waals surface area contributed by atoms with Crippen LogP contribution in [-0.2, 0) is 16.1 Å². The Morgan fingerprint density at radius 1 is 1.28 bits per heavy atom. The molecule has 2 amide bonds. The van der Waals surface area contributed by atoms with Crippen molar-refractivity contribution in [3.05, 3.63) is 29.8 Å². The van der Waals surface area contributed by atoms with E-state index in [4.69, 9.17) is 4.74 Å². The van der Waals surface area contributed by atoms with Crippen LogP contribution in [0.15, 0.2) is 24.3 Å². The lowest BCUT2D eigenvalue weighted by molar-refractivity contribution is -0.134. The molecule has 3 rings (SSSR count). The largest absolute Gasteiger partial charge is 0.378 e. The minimum absolute atomic E-state index is 0.0320. The normalized spacial score (nSPS) is 14.4. The summed E-state index contributed by atoms with van der Waals surface area (Å²) >= 11 is 0. The number of hydrogen-bond acceptors (Lipinski definition) is 6. The van der Waals surface area contributed by atoms with Crippen molar-refractivity contribution in [1.29, 1.82) is 0 Å². The van der Waals surface area contributed by atoms with Gasteiger partial charge in [-0.05, 0) is 29.5 Å². The molecule has 0 saturated carbocycles. The van der Waals surface area contributed by atoms with Gasteiger partial charge in [0.2, 0.25) is 5.91 Å². The van der Waals surface area contributed by atoms with Crippen molar-refractivity contribution in [3.8, 4) is 11.4 Å². The summed E-state index contributed by atoms with van der Waals surface area (Å²) in [6, 6.07) is 7.01. The molecule has 1 aliphatic rings. The maximum atomic E-state index is 12.3. The summed E-state index contributed by atoms with van der Waals surface area (Å²) in [6.45, 7) is 4.73. The third-order valence-corrected chi connectivity index (χ3v) is 3.98. The van der Waals surface area contributed by atoms with Crippen LogP contribution in [0.25, 0.3) is 11.4 Å². The van der Waals surface area contributed by atoms with Crippen LogP contribution in [0, 0.1) is 0 Å². The third-order valence-electron chi connectivity index (χ3n) is 3.98. The van der Waals surface area contributed by atoms with E-state index in [1.807, 2.05) is 13.0 Å². The van der Waals surface area contributed by atoms with Crippen molar-refractivity contribution < 1.29 is 14.3 Å². The Morgan fingerprint density at radius 2 is 2.08 bits per heavy atom. The molecule has 0 bridgehead atoms. The second kappa shape index (κ2) is 7.84. The first-order chi connectivity index (χ1) is 12.2. The lowest BCUT2D eigenvalue weighted by Gasteiger charge is -2.26. The number of rotatable bonds is 5. The topological polar surface area (TPSA) is 102 Å². The van der Waals surface area contributed by atoms with Gasteiger partial charge in [0.1, 0.15) is 0 Å². The summed E-state index contributed by atoms with van der Waals surface area (Å²) in [5.41, 5.74) is 1.21. The number of ether oxygens (including phenoxy) is 1. The molecule has 1 aromatic heterocycles. The van der Waals surface area contributed by atoms with Gasteiger partial charge < -0.3 is 15.0 Å². The van der Waals surface area contributed by atoms with E-state index in [-0.39, 0.29) is 18.4 Å². The molecule has 1 aliphatic heterocycles. The van der Waals surface area contributed by atoms with Crippen molar-refractivity contribution in [2.75, 3.05) is 32.8 Å². The van der Waals surface area contributed by atoms with Gasteiger partial charge in [0.25, 0.3) is 5.91 Å². The van der Waals surface area contributed by atoms with Gasteiger partial charge in [-0.15, -0.1) is 5.10 Å². The molecule has 0 unspecified atom stereocenters. The average Bonchev–Trinajstić information content (AvgIpc) is 3.15. The van der Waals surface area contributed by atoms with Gasteiger partial charge in [-0.1, -0.05) is 12.1 Å². The number of amides is 2.